The monoisotopic (exact) mass is 213 g/mol. The van der Waals surface area contributed by atoms with Crippen LogP contribution in [0.2, 0.25) is 0 Å². The summed E-state index contributed by atoms with van der Waals surface area (Å²) in [6.45, 7) is 1.38. The van der Waals surface area contributed by atoms with Gasteiger partial charge in [-0.15, -0.1) is 6.42 Å². The molecule has 0 atom stereocenters. The third-order valence-corrected chi connectivity index (χ3v) is 2.44. The van der Waals surface area contributed by atoms with Crippen molar-refractivity contribution < 1.29 is 0 Å². The van der Waals surface area contributed by atoms with Crippen LogP contribution in [0.25, 0.3) is 11.0 Å². The first kappa shape index (κ1) is 10.7. The van der Waals surface area contributed by atoms with Crippen LogP contribution in [0.1, 0.15) is 5.82 Å². The summed E-state index contributed by atoms with van der Waals surface area (Å²) in [6.07, 6.45) is 5.40. The predicted molar refractivity (Wildman–Crippen MR) is 66.0 cm³/mol. The van der Waals surface area contributed by atoms with E-state index in [0.29, 0.717) is 6.54 Å². The molecule has 0 fully saturated rings. The van der Waals surface area contributed by atoms with Gasteiger partial charge in [0.25, 0.3) is 0 Å². The molecule has 0 N–H and O–H groups in total. The van der Waals surface area contributed by atoms with Crippen molar-refractivity contribution in [2.75, 3.05) is 14.1 Å². The molecule has 0 aliphatic rings. The number of imidazole rings is 1. The quantitative estimate of drug-likeness (QED) is 0.724. The van der Waals surface area contributed by atoms with Crippen LogP contribution < -0.4 is 0 Å². The van der Waals surface area contributed by atoms with Gasteiger partial charge in [0, 0.05) is 0 Å². The summed E-state index contributed by atoms with van der Waals surface area (Å²) in [5, 5.41) is 0. The maximum atomic E-state index is 5.40. The highest BCUT2D eigenvalue weighted by Crippen LogP contribution is 2.16. The van der Waals surface area contributed by atoms with Gasteiger partial charge in [0.2, 0.25) is 0 Å². The van der Waals surface area contributed by atoms with E-state index >= 15 is 0 Å². The second-order valence-electron chi connectivity index (χ2n) is 4.04. The minimum atomic E-state index is 0.573. The molecule has 1 aromatic carbocycles. The van der Waals surface area contributed by atoms with Crippen LogP contribution in [0.3, 0.4) is 0 Å². The summed E-state index contributed by atoms with van der Waals surface area (Å²) in [7, 11) is 4.05. The van der Waals surface area contributed by atoms with E-state index in [9.17, 15) is 0 Å². The topological polar surface area (TPSA) is 21.1 Å². The van der Waals surface area contributed by atoms with Crippen molar-refractivity contribution in [2.45, 2.75) is 13.1 Å². The minimum Gasteiger partial charge on any atom is -0.315 e. The normalized spacial score (nSPS) is 10.9. The van der Waals surface area contributed by atoms with Gasteiger partial charge in [0.15, 0.2) is 0 Å². The molecule has 0 saturated carbocycles. The van der Waals surface area contributed by atoms with Crippen LogP contribution in [0, 0.1) is 12.3 Å². The molecule has 1 aromatic heterocycles. The third kappa shape index (κ3) is 1.93. The summed E-state index contributed by atoms with van der Waals surface area (Å²) >= 11 is 0. The molecule has 0 aliphatic carbocycles. The van der Waals surface area contributed by atoms with Crippen molar-refractivity contribution in [1.82, 2.24) is 14.5 Å². The van der Waals surface area contributed by atoms with E-state index in [-0.39, 0.29) is 0 Å². The maximum Gasteiger partial charge on any atom is 0.124 e. The zero-order valence-corrected chi connectivity index (χ0v) is 9.64. The van der Waals surface area contributed by atoms with Gasteiger partial charge in [-0.3, -0.25) is 0 Å². The highest BCUT2D eigenvalue weighted by Gasteiger charge is 2.09. The van der Waals surface area contributed by atoms with Crippen molar-refractivity contribution in [3.05, 3.63) is 30.1 Å². The van der Waals surface area contributed by atoms with Gasteiger partial charge in [0.05, 0.1) is 24.1 Å². The summed E-state index contributed by atoms with van der Waals surface area (Å²) in [6, 6.07) is 8.08. The fourth-order valence-electron chi connectivity index (χ4n) is 1.80. The molecule has 0 amide bonds. The second-order valence-corrected chi connectivity index (χ2v) is 4.04. The van der Waals surface area contributed by atoms with E-state index in [0.717, 1.165) is 23.4 Å². The van der Waals surface area contributed by atoms with Crippen molar-refractivity contribution in [2.24, 2.45) is 0 Å². The first-order valence-electron chi connectivity index (χ1n) is 5.24. The average Bonchev–Trinajstić information content (AvgIpc) is 2.57. The van der Waals surface area contributed by atoms with Gasteiger partial charge >= 0.3 is 0 Å². The molecule has 16 heavy (non-hydrogen) atoms. The van der Waals surface area contributed by atoms with Gasteiger partial charge < -0.3 is 9.47 Å². The molecule has 2 rings (SSSR count). The number of hydrogen-bond donors (Lipinski definition) is 0. The minimum absolute atomic E-state index is 0.573. The summed E-state index contributed by atoms with van der Waals surface area (Å²) in [5.41, 5.74) is 2.12. The van der Waals surface area contributed by atoms with Crippen LogP contribution in [0.5, 0.6) is 0 Å². The van der Waals surface area contributed by atoms with Crippen molar-refractivity contribution >= 4 is 11.0 Å². The standard InChI is InChI=1S/C13H15N3/c1-4-9-16-12-8-6-5-7-11(12)14-13(16)10-15(2)3/h1,5-8H,9-10H2,2-3H3. The molecule has 0 saturated heterocycles. The lowest BCUT2D eigenvalue weighted by atomic mass is 10.3. The largest absolute Gasteiger partial charge is 0.315 e. The van der Waals surface area contributed by atoms with Crippen LogP contribution >= 0.6 is 0 Å². The highest BCUT2D eigenvalue weighted by molar-refractivity contribution is 5.76. The predicted octanol–water partition coefficient (Wildman–Crippen LogP) is 1.73. The van der Waals surface area contributed by atoms with Crippen LogP contribution in [-0.4, -0.2) is 28.5 Å². The van der Waals surface area contributed by atoms with E-state index < -0.39 is 0 Å². The van der Waals surface area contributed by atoms with E-state index in [1.165, 1.54) is 0 Å². The number of para-hydroxylation sites is 2. The summed E-state index contributed by atoms with van der Waals surface area (Å²) < 4.78 is 2.09. The Labute approximate surface area is 95.7 Å². The van der Waals surface area contributed by atoms with E-state index in [1.54, 1.807) is 0 Å². The average molecular weight is 213 g/mol. The number of nitrogens with zero attached hydrogens (tertiary/aromatic N) is 3. The lowest BCUT2D eigenvalue weighted by molar-refractivity contribution is 0.384. The Bertz CT molecular complexity index is 532. The molecule has 3 heteroatoms. The lowest BCUT2D eigenvalue weighted by Gasteiger charge is -2.10. The lowest BCUT2D eigenvalue weighted by Crippen LogP contribution is -2.15. The Kier molecular flexibility index (Phi) is 2.93. The molecule has 0 unspecified atom stereocenters. The molecule has 82 valence electrons. The Morgan fingerprint density at radius 1 is 1.38 bits per heavy atom. The Morgan fingerprint density at radius 3 is 2.81 bits per heavy atom. The Morgan fingerprint density at radius 2 is 2.12 bits per heavy atom. The first-order chi connectivity index (χ1) is 7.72. The zero-order valence-electron chi connectivity index (χ0n) is 9.64. The highest BCUT2D eigenvalue weighted by atomic mass is 15.1. The Hall–Kier alpha value is -1.79. The van der Waals surface area contributed by atoms with Gasteiger partial charge in [-0.1, -0.05) is 18.1 Å². The third-order valence-electron chi connectivity index (χ3n) is 2.44. The number of hydrogen-bond acceptors (Lipinski definition) is 2. The smallest absolute Gasteiger partial charge is 0.124 e. The van der Waals surface area contributed by atoms with Crippen LogP contribution in [0.4, 0.5) is 0 Å². The number of fused-ring (bicyclic) bond motifs is 1. The van der Waals surface area contributed by atoms with Gasteiger partial charge in [-0.2, -0.15) is 0 Å². The summed E-state index contributed by atoms with van der Waals surface area (Å²) in [4.78, 5) is 6.69. The van der Waals surface area contributed by atoms with Crippen molar-refractivity contribution in [3.63, 3.8) is 0 Å². The van der Waals surface area contributed by atoms with Gasteiger partial charge in [0.1, 0.15) is 5.82 Å². The van der Waals surface area contributed by atoms with Crippen molar-refractivity contribution in [1.29, 1.82) is 0 Å². The van der Waals surface area contributed by atoms with Gasteiger partial charge in [-0.05, 0) is 26.2 Å². The fraction of sp³-hybridized carbons (Fsp3) is 0.308. The molecule has 2 aromatic rings. The molecular weight excluding hydrogens is 198 g/mol. The molecule has 0 bridgehead atoms. The molecule has 0 aliphatic heterocycles. The second kappa shape index (κ2) is 4.38. The SMILES string of the molecule is C#CCn1c(CN(C)C)nc2ccccc21. The molecule has 0 radical (unpaired) electrons. The fourth-order valence-corrected chi connectivity index (χ4v) is 1.80. The zero-order chi connectivity index (χ0) is 11.5. The van der Waals surface area contributed by atoms with Crippen LogP contribution in [-0.2, 0) is 13.1 Å². The van der Waals surface area contributed by atoms with E-state index in [4.69, 9.17) is 6.42 Å². The van der Waals surface area contributed by atoms with E-state index in [1.807, 2.05) is 32.3 Å². The van der Waals surface area contributed by atoms with Crippen LogP contribution in [0.15, 0.2) is 24.3 Å². The van der Waals surface area contributed by atoms with Crippen molar-refractivity contribution in [3.8, 4) is 12.3 Å². The number of benzene rings is 1. The van der Waals surface area contributed by atoms with E-state index in [2.05, 4.69) is 26.4 Å². The number of rotatable bonds is 3. The Balaban J connectivity index is 2.54. The van der Waals surface area contributed by atoms with Gasteiger partial charge in [-0.25, -0.2) is 4.98 Å². The molecule has 0 spiro atoms. The summed E-state index contributed by atoms with van der Waals surface area (Å²) in [5.74, 6) is 3.70. The first-order valence-corrected chi connectivity index (χ1v) is 5.24. The molecular formula is C13H15N3. The maximum absolute atomic E-state index is 5.40. The number of aromatic nitrogens is 2. The molecule has 1 heterocycles. The molecule has 3 nitrogen and oxygen atoms in total. The number of terminal acetylenes is 1.